The van der Waals surface area contributed by atoms with Gasteiger partial charge in [0.05, 0.1) is 17.9 Å². The monoisotopic (exact) mass is 668 g/mol. The van der Waals surface area contributed by atoms with E-state index in [0.717, 1.165) is 6.92 Å². The second-order valence-corrected chi connectivity index (χ2v) is 13.8. The van der Waals surface area contributed by atoms with Crippen LogP contribution in [0.4, 0.5) is 5.82 Å². The molecule has 2 aliphatic rings. The number of nitrogens with two attached hydrogens (primary N) is 1. The highest BCUT2D eigenvalue weighted by molar-refractivity contribution is 7.54. The number of hydrogen-bond acceptors (Lipinski definition) is 14. The third-order valence-electron chi connectivity index (χ3n) is 7.45. The summed E-state index contributed by atoms with van der Waals surface area (Å²) in [6.07, 6.45) is -3.45. The van der Waals surface area contributed by atoms with Gasteiger partial charge in [-0.25, -0.2) is 19.7 Å². The number of ether oxygens (including phenoxy) is 5. The molecule has 2 aromatic heterocycles. The van der Waals surface area contributed by atoms with E-state index in [4.69, 9.17) is 33.9 Å². The number of rotatable bonds is 13. The van der Waals surface area contributed by atoms with Crippen molar-refractivity contribution in [1.82, 2.24) is 24.8 Å². The van der Waals surface area contributed by atoms with Crippen LogP contribution in [0, 0.1) is 0 Å². The lowest BCUT2D eigenvalue weighted by Crippen LogP contribution is -2.45. The van der Waals surface area contributed by atoms with E-state index in [2.05, 4.69) is 20.3 Å². The van der Waals surface area contributed by atoms with Crippen molar-refractivity contribution < 1.29 is 52.0 Å². The highest BCUT2D eigenvalue weighted by Gasteiger charge is 2.91. The molecule has 1 aliphatic heterocycles. The third-order valence-corrected chi connectivity index (χ3v) is 9.41. The molecule has 1 aliphatic carbocycles. The first-order valence-electron chi connectivity index (χ1n) is 14.7. The molecule has 4 rings (SSSR count). The summed E-state index contributed by atoms with van der Waals surface area (Å²) in [7, 11) is -4.44. The van der Waals surface area contributed by atoms with E-state index >= 15 is 0 Å². The molecule has 2 aromatic rings. The van der Waals surface area contributed by atoms with Gasteiger partial charge in [-0.2, -0.15) is 5.10 Å². The molecule has 2 fully saturated rings. The molecule has 0 spiro atoms. The zero-order chi connectivity index (χ0) is 34.4. The maximum atomic E-state index is 14.5. The van der Waals surface area contributed by atoms with Crippen LogP contribution < -0.4 is 15.9 Å². The van der Waals surface area contributed by atoms with Gasteiger partial charge in [-0.05, 0) is 60.6 Å². The van der Waals surface area contributed by atoms with Gasteiger partial charge in [-0.15, -0.1) is 0 Å². The summed E-state index contributed by atoms with van der Waals surface area (Å²) in [6.45, 7) is 13.2. The lowest BCUT2D eigenvalue weighted by molar-refractivity contribution is -0.174. The molecular formula is C28H41N6O11P. The summed E-state index contributed by atoms with van der Waals surface area (Å²) in [5, 5.41) is 9.46. The Morgan fingerprint density at radius 2 is 1.54 bits per heavy atom. The zero-order valence-electron chi connectivity index (χ0n) is 27.1. The SMILES string of the molecule is CC(=O)O[C@H]1[C@H](c2ccc3c(N)ncnn23)O[C@]2(C)C(OP(=O)(N[C@@H](C)C(=O)OC(C)C)N[C@@H](C)C(=O)OC(C)C)[C@]12OC(C)=O. The van der Waals surface area contributed by atoms with E-state index in [1.54, 1.807) is 39.8 Å². The first kappa shape index (κ1) is 35.2. The van der Waals surface area contributed by atoms with Gasteiger partial charge in [-0.1, -0.05) is 0 Å². The summed E-state index contributed by atoms with van der Waals surface area (Å²) in [6, 6.07) is 0.903. The summed E-state index contributed by atoms with van der Waals surface area (Å²) in [5.41, 5.74) is 3.45. The summed E-state index contributed by atoms with van der Waals surface area (Å²) in [5.74, 6) is -2.81. The number of nitrogen functional groups attached to an aromatic ring is 1. The highest BCUT2D eigenvalue weighted by Crippen LogP contribution is 2.70. The van der Waals surface area contributed by atoms with E-state index in [9.17, 15) is 23.7 Å². The maximum absolute atomic E-state index is 14.5. The molecule has 3 heterocycles. The molecule has 0 bridgehead atoms. The third kappa shape index (κ3) is 6.60. The molecule has 18 heteroatoms. The number of carbonyl (C=O) groups is 4. The fourth-order valence-electron chi connectivity index (χ4n) is 5.58. The number of anilines is 1. The van der Waals surface area contributed by atoms with Gasteiger partial charge < -0.3 is 29.4 Å². The highest BCUT2D eigenvalue weighted by atomic mass is 31.2. The number of nitrogens with zero attached hydrogens (tertiary/aromatic N) is 3. The summed E-state index contributed by atoms with van der Waals surface area (Å²) >= 11 is 0. The fourth-order valence-corrected chi connectivity index (χ4v) is 7.66. The van der Waals surface area contributed by atoms with Crippen molar-refractivity contribution >= 4 is 42.9 Å². The average molecular weight is 669 g/mol. The molecule has 0 radical (unpaired) electrons. The second kappa shape index (κ2) is 12.9. The summed E-state index contributed by atoms with van der Waals surface area (Å²) in [4.78, 5) is 54.4. The predicted molar refractivity (Wildman–Crippen MR) is 160 cm³/mol. The van der Waals surface area contributed by atoms with Gasteiger partial charge in [0, 0.05) is 13.8 Å². The number of nitrogens with one attached hydrogen (secondary N) is 2. The minimum absolute atomic E-state index is 0.184. The van der Waals surface area contributed by atoms with Crippen molar-refractivity contribution in [1.29, 1.82) is 0 Å². The molecule has 1 saturated heterocycles. The van der Waals surface area contributed by atoms with Crippen molar-refractivity contribution in [3.63, 3.8) is 0 Å². The molecule has 1 saturated carbocycles. The molecule has 7 atom stereocenters. The first-order chi connectivity index (χ1) is 21.3. The maximum Gasteiger partial charge on any atom is 0.342 e. The lowest BCUT2D eigenvalue weighted by Gasteiger charge is -2.31. The van der Waals surface area contributed by atoms with Crippen LogP contribution in [-0.4, -0.2) is 86.2 Å². The first-order valence-corrected chi connectivity index (χ1v) is 16.4. The lowest BCUT2D eigenvalue weighted by atomic mass is 10.0. The van der Waals surface area contributed by atoms with Gasteiger partial charge in [0.1, 0.15) is 41.7 Å². The van der Waals surface area contributed by atoms with Crippen LogP contribution in [0.15, 0.2) is 18.5 Å². The normalized spacial score (nSPS) is 26.8. The fraction of sp³-hybridized carbons (Fsp3) is 0.643. The number of aromatic nitrogens is 3. The van der Waals surface area contributed by atoms with Gasteiger partial charge >= 0.3 is 31.5 Å². The van der Waals surface area contributed by atoms with Crippen molar-refractivity contribution in [3.8, 4) is 0 Å². The standard InChI is InChI=1S/C28H41N6O11P/c1-13(2)40-24(37)15(5)32-46(39,33-16(6)25(38)41-14(3)4)45-26-27(9)28(26,43-18(8)36)22(42-17(7)35)21(44-27)19-10-11-20-23(29)30-12-31-34(19)20/h10-16,21-22,26H,1-9H3,(H2,29,30,31)(H2,32,33,39)/t15-,16-,21-,22-,26?,27+,28+/m0/s1. The Bertz CT molecular complexity index is 1530. The van der Waals surface area contributed by atoms with Crippen LogP contribution in [0.1, 0.15) is 74.1 Å². The van der Waals surface area contributed by atoms with Crippen LogP contribution in [-0.2, 0) is 52.0 Å². The predicted octanol–water partition coefficient (Wildman–Crippen LogP) is 1.74. The molecule has 1 unspecified atom stereocenters. The largest absolute Gasteiger partial charge is 0.462 e. The number of fused-ring (bicyclic) bond motifs is 2. The van der Waals surface area contributed by atoms with Crippen molar-refractivity contribution in [2.24, 2.45) is 0 Å². The molecule has 0 aromatic carbocycles. The molecule has 0 amide bonds. The van der Waals surface area contributed by atoms with Crippen LogP contribution in [0.25, 0.3) is 5.52 Å². The van der Waals surface area contributed by atoms with Gasteiger partial charge in [0.2, 0.25) is 5.60 Å². The van der Waals surface area contributed by atoms with E-state index in [1.165, 1.54) is 38.5 Å². The van der Waals surface area contributed by atoms with Crippen molar-refractivity contribution in [2.75, 3.05) is 5.73 Å². The Hall–Kier alpha value is -3.63. The number of carbonyl (C=O) groups excluding carboxylic acids is 4. The Balaban J connectivity index is 1.74. The van der Waals surface area contributed by atoms with E-state index in [0.29, 0.717) is 11.2 Å². The Morgan fingerprint density at radius 1 is 0.978 bits per heavy atom. The van der Waals surface area contributed by atoms with Crippen LogP contribution >= 0.6 is 7.67 Å². The van der Waals surface area contributed by atoms with Crippen molar-refractivity contribution in [3.05, 3.63) is 24.2 Å². The quantitative estimate of drug-likeness (QED) is 0.157. The zero-order valence-corrected chi connectivity index (χ0v) is 28.0. The summed E-state index contributed by atoms with van der Waals surface area (Å²) < 4.78 is 50.6. The molecule has 17 nitrogen and oxygen atoms in total. The van der Waals surface area contributed by atoms with E-state index < -0.39 is 85.4 Å². The molecule has 254 valence electrons. The van der Waals surface area contributed by atoms with E-state index in [1.807, 2.05) is 0 Å². The molecule has 4 N–H and O–H groups in total. The van der Waals surface area contributed by atoms with Crippen LogP contribution in [0.2, 0.25) is 0 Å². The smallest absolute Gasteiger partial charge is 0.342 e. The Labute approximate surface area is 265 Å². The molecular weight excluding hydrogens is 627 g/mol. The van der Waals surface area contributed by atoms with Crippen molar-refractivity contribution in [2.45, 2.75) is 116 Å². The minimum Gasteiger partial charge on any atom is -0.462 e. The number of hydrogen-bond donors (Lipinski definition) is 3. The van der Waals surface area contributed by atoms with Gasteiger partial charge in [-0.3, -0.25) is 28.3 Å². The molecule has 46 heavy (non-hydrogen) atoms. The Kier molecular flexibility index (Phi) is 9.86. The Morgan fingerprint density at radius 3 is 2.04 bits per heavy atom. The minimum atomic E-state index is -4.44. The van der Waals surface area contributed by atoms with Gasteiger partial charge in [0.15, 0.2) is 11.9 Å². The topological polar surface area (TPSA) is 221 Å². The second-order valence-electron chi connectivity index (χ2n) is 12.0. The van der Waals surface area contributed by atoms with E-state index in [-0.39, 0.29) is 5.82 Å². The van der Waals surface area contributed by atoms with Crippen LogP contribution in [0.3, 0.4) is 0 Å². The average Bonchev–Trinajstić information content (AvgIpc) is 3.20. The van der Waals surface area contributed by atoms with Gasteiger partial charge in [0.25, 0.3) is 0 Å². The number of esters is 4. The van der Waals surface area contributed by atoms with Crippen LogP contribution in [0.5, 0.6) is 0 Å².